The highest BCUT2D eigenvalue weighted by molar-refractivity contribution is 5.93. The largest absolute Gasteiger partial charge is 0.459 e. The van der Waals surface area contributed by atoms with E-state index in [1.807, 2.05) is 39.8 Å². The summed E-state index contributed by atoms with van der Waals surface area (Å²) in [6.45, 7) is 8.79. The van der Waals surface area contributed by atoms with Gasteiger partial charge >= 0.3 is 12.1 Å². The maximum atomic E-state index is 12.4. The van der Waals surface area contributed by atoms with Crippen LogP contribution in [0.5, 0.6) is 0 Å². The number of carbonyl (C=O) groups excluding carboxylic acids is 2. The molecule has 5 heteroatoms. The molecule has 2 aromatic carbocycles. The van der Waals surface area contributed by atoms with E-state index in [4.69, 9.17) is 9.47 Å². The predicted octanol–water partition coefficient (Wildman–Crippen LogP) is 4.75. The van der Waals surface area contributed by atoms with E-state index in [9.17, 15) is 9.59 Å². The van der Waals surface area contributed by atoms with Crippen molar-refractivity contribution in [1.82, 2.24) is 4.90 Å². The number of rotatable bonds is 1. The van der Waals surface area contributed by atoms with Crippen LogP contribution in [0.4, 0.5) is 4.79 Å². The van der Waals surface area contributed by atoms with E-state index in [2.05, 4.69) is 24.3 Å². The predicted molar refractivity (Wildman–Crippen MR) is 111 cm³/mol. The fourth-order valence-corrected chi connectivity index (χ4v) is 3.95. The minimum atomic E-state index is -0.489. The van der Waals surface area contributed by atoms with E-state index < -0.39 is 5.60 Å². The average Bonchev–Trinajstić information content (AvgIpc) is 2.65. The van der Waals surface area contributed by atoms with Gasteiger partial charge in [-0.15, -0.1) is 0 Å². The molecule has 0 saturated carbocycles. The number of ether oxygens (including phenoxy) is 2. The molecule has 152 valence electrons. The Morgan fingerprint density at radius 3 is 2.48 bits per heavy atom. The number of hydrogen-bond acceptors (Lipinski definition) is 4. The number of fused-ring (bicyclic) bond motifs is 2. The van der Waals surface area contributed by atoms with E-state index in [-0.39, 0.29) is 18.2 Å². The van der Waals surface area contributed by atoms with Crippen LogP contribution in [-0.2, 0) is 28.9 Å². The van der Waals surface area contributed by atoms with Crippen LogP contribution in [0.1, 0.15) is 54.7 Å². The monoisotopic (exact) mass is 393 g/mol. The van der Waals surface area contributed by atoms with Gasteiger partial charge in [0.25, 0.3) is 0 Å². The van der Waals surface area contributed by atoms with Gasteiger partial charge in [0.05, 0.1) is 5.56 Å². The van der Waals surface area contributed by atoms with E-state index in [1.165, 1.54) is 5.56 Å². The Morgan fingerprint density at radius 1 is 1.07 bits per heavy atom. The molecule has 0 radical (unpaired) electrons. The molecule has 0 spiro atoms. The van der Waals surface area contributed by atoms with E-state index in [0.29, 0.717) is 18.7 Å². The maximum Gasteiger partial charge on any atom is 0.410 e. The molecule has 2 aliphatic rings. The Bertz CT molecular complexity index is 973. The first-order valence-corrected chi connectivity index (χ1v) is 10.1. The van der Waals surface area contributed by atoms with Crippen LogP contribution < -0.4 is 0 Å². The van der Waals surface area contributed by atoms with Gasteiger partial charge in [0.2, 0.25) is 0 Å². The van der Waals surface area contributed by atoms with Crippen molar-refractivity contribution in [2.45, 2.75) is 58.8 Å². The van der Waals surface area contributed by atoms with Crippen molar-refractivity contribution in [1.29, 1.82) is 0 Å². The van der Waals surface area contributed by atoms with Gasteiger partial charge in [-0.1, -0.05) is 30.3 Å². The van der Waals surface area contributed by atoms with Crippen molar-refractivity contribution in [2.24, 2.45) is 0 Å². The highest BCUT2D eigenvalue weighted by atomic mass is 16.6. The highest BCUT2D eigenvalue weighted by Crippen LogP contribution is 2.30. The SMILES string of the molecule is CC1Cc2cc(-c3ccc4c(c3)CCN(C(=O)OC(C)(C)C)C4)ccc2C(=O)O1. The first-order valence-electron chi connectivity index (χ1n) is 10.1. The lowest BCUT2D eigenvalue weighted by Crippen LogP contribution is -2.39. The first kappa shape index (κ1) is 19.5. The number of carbonyl (C=O) groups is 2. The van der Waals surface area contributed by atoms with Crippen LogP contribution in [0.3, 0.4) is 0 Å². The Balaban J connectivity index is 1.55. The fourth-order valence-electron chi connectivity index (χ4n) is 3.95. The molecule has 0 saturated heterocycles. The standard InChI is InChI=1S/C24H27NO4/c1-15-11-20-13-17(7-8-21(20)22(26)28-15)16-5-6-19-14-25(10-9-18(19)12-16)23(27)29-24(2,3)4/h5-8,12-13,15H,9-11,14H2,1-4H3. The highest BCUT2D eigenvalue weighted by Gasteiger charge is 2.26. The molecule has 0 fully saturated rings. The first-order chi connectivity index (χ1) is 13.7. The van der Waals surface area contributed by atoms with Gasteiger partial charge in [-0.2, -0.15) is 0 Å². The zero-order valence-electron chi connectivity index (χ0n) is 17.5. The van der Waals surface area contributed by atoms with Crippen molar-refractivity contribution in [3.63, 3.8) is 0 Å². The van der Waals surface area contributed by atoms with Crippen molar-refractivity contribution in [3.8, 4) is 11.1 Å². The molecular formula is C24H27NO4. The second-order valence-electron chi connectivity index (χ2n) is 8.93. The third kappa shape index (κ3) is 4.14. The van der Waals surface area contributed by atoms with Crippen molar-refractivity contribution in [3.05, 3.63) is 58.7 Å². The summed E-state index contributed by atoms with van der Waals surface area (Å²) in [6, 6.07) is 12.3. The molecule has 0 N–H and O–H groups in total. The maximum absolute atomic E-state index is 12.4. The molecule has 1 atom stereocenters. The van der Waals surface area contributed by atoms with Crippen LogP contribution in [0.25, 0.3) is 11.1 Å². The summed E-state index contributed by atoms with van der Waals surface area (Å²) >= 11 is 0. The van der Waals surface area contributed by atoms with Crippen LogP contribution >= 0.6 is 0 Å². The summed E-state index contributed by atoms with van der Waals surface area (Å²) in [7, 11) is 0. The van der Waals surface area contributed by atoms with Crippen molar-refractivity contribution >= 4 is 12.1 Å². The summed E-state index contributed by atoms with van der Waals surface area (Å²) in [5, 5.41) is 0. The van der Waals surface area contributed by atoms with Gasteiger partial charge < -0.3 is 14.4 Å². The Hall–Kier alpha value is -2.82. The van der Waals surface area contributed by atoms with Crippen LogP contribution in [0.2, 0.25) is 0 Å². The molecule has 0 aromatic heterocycles. The van der Waals surface area contributed by atoms with Crippen LogP contribution in [0.15, 0.2) is 36.4 Å². The lowest BCUT2D eigenvalue weighted by molar-refractivity contribution is 0.0222. The molecule has 2 heterocycles. The van der Waals surface area contributed by atoms with Gasteiger partial charge in [-0.25, -0.2) is 9.59 Å². The second kappa shape index (κ2) is 7.21. The van der Waals surface area contributed by atoms with Crippen LogP contribution in [-0.4, -0.2) is 35.2 Å². The molecule has 2 aromatic rings. The number of esters is 1. The van der Waals surface area contributed by atoms with Gasteiger partial charge in [0, 0.05) is 19.5 Å². The Morgan fingerprint density at radius 2 is 1.76 bits per heavy atom. The van der Waals surface area contributed by atoms with E-state index in [0.717, 1.165) is 35.1 Å². The molecule has 1 unspecified atom stereocenters. The Kier molecular flexibility index (Phi) is 4.85. The molecule has 29 heavy (non-hydrogen) atoms. The fraction of sp³-hybridized carbons (Fsp3) is 0.417. The topological polar surface area (TPSA) is 55.8 Å². The normalized spacial score (nSPS) is 18.6. The number of amides is 1. The minimum Gasteiger partial charge on any atom is -0.459 e. The smallest absolute Gasteiger partial charge is 0.410 e. The molecular weight excluding hydrogens is 366 g/mol. The summed E-state index contributed by atoms with van der Waals surface area (Å²) < 4.78 is 10.8. The molecule has 0 aliphatic carbocycles. The molecule has 0 bridgehead atoms. The second-order valence-corrected chi connectivity index (χ2v) is 8.93. The number of nitrogens with zero attached hydrogens (tertiary/aromatic N) is 1. The summed E-state index contributed by atoms with van der Waals surface area (Å²) in [4.78, 5) is 26.2. The van der Waals surface area contributed by atoms with Gasteiger partial charge in [0.1, 0.15) is 11.7 Å². The summed E-state index contributed by atoms with van der Waals surface area (Å²) in [5.41, 5.74) is 5.86. The lowest BCUT2D eigenvalue weighted by atomic mass is 9.91. The van der Waals surface area contributed by atoms with Gasteiger partial charge in [0.15, 0.2) is 0 Å². The quantitative estimate of drug-likeness (QED) is 0.656. The van der Waals surface area contributed by atoms with Gasteiger partial charge in [-0.05, 0) is 68.0 Å². The molecule has 5 nitrogen and oxygen atoms in total. The Labute approximate surface area is 171 Å². The third-order valence-corrected chi connectivity index (χ3v) is 5.34. The van der Waals surface area contributed by atoms with Gasteiger partial charge in [-0.3, -0.25) is 0 Å². The lowest BCUT2D eigenvalue weighted by Gasteiger charge is -2.31. The minimum absolute atomic E-state index is 0.0902. The van der Waals surface area contributed by atoms with Crippen LogP contribution in [0, 0.1) is 0 Å². The van der Waals surface area contributed by atoms with E-state index in [1.54, 1.807) is 4.90 Å². The number of benzene rings is 2. The van der Waals surface area contributed by atoms with Crippen molar-refractivity contribution < 1.29 is 19.1 Å². The number of hydrogen-bond donors (Lipinski definition) is 0. The molecule has 1 amide bonds. The number of cyclic esters (lactones) is 1. The summed E-state index contributed by atoms with van der Waals surface area (Å²) in [6.07, 6.45) is 1.19. The summed E-state index contributed by atoms with van der Waals surface area (Å²) in [5.74, 6) is -0.238. The van der Waals surface area contributed by atoms with Crippen molar-refractivity contribution in [2.75, 3.05) is 6.54 Å². The van der Waals surface area contributed by atoms with E-state index >= 15 is 0 Å². The molecule has 2 aliphatic heterocycles. The zero-order valence-corrected chi connectivity index (χ0v) is 17.5. The third-order valence-electron chi connectivity index (χ3n) is 5.34. The average molecular weight is 393 g/mol. The zero-order chi connectivity index (χ0) is 20.8. The molecule has 4 rings (SSSR count).